The van der Waals surface area contributed by atoms with E-state index in [4.69, 9.17) is 34.8 Å². The number of pyridine rings is 1. The molecule has 1 saturated heterocycles. The Morgan fingerprint density at radius 2 is 1.91 bits per heavy atom. The standard InChI is InChI=1S/C30H26Cl3FN8S/c1-2-41-7-5-21(6-8-41)42-15-26(39-40-42)30(27-9-18(31)16-43-27)38-20-10-22-28(37-19-3-4-25(34)23(32)11-19)17(13-35)14-36-29(22)24(33)12-20/h3-4,9-12,14-16,21,30,38H,2,5-8H2,1H3,(H,36,37)/t30-/m1/s1. The van der Waals surface area contributed by atoms with Gasteiger partial charge in [0.2, 0.25) is 0 Å². The van der Waals surface area contributed by atoms with Crippen LogP contribution in [-0.4, -0.2) is 44.5 Å². The highest BCUT2D eigenvalue weighted by Gasteiger charge is 2.25. The zero-order valence-corrected chi connectivity index (χ0v) is 26.1. The Hall–Kier alpha value is -3.46. The van der Waals surface area contributed by atoms with Crippen LogP contribution in [0, 0.1) is 17.1 Å². The summed E-state index contributed by atoms with van der Waals surface area (Å²) in [7, 11) is 0. The minimum atomic E-state index is -0.537. The van der Waals surface area contributed by atoms with Crippen LogP contribution in [0.4, 0.5) is 21.5 Å². The SMILES string of the molecule is CCN1CCC(n2cc([C@@H](Nc3cc(Cl)c4ncc(C#N)c(Nc5ccc(F)c(Cl)c5)c4c3)c3cc(Cl)cs3)nn2)CC1. The molecule has 0 spiro atoms. The molecule has 8 nitrogen and oxygen atoms in total. The summed E-state index contributed by atoms with van der Waals surface area (Å²) in [6.07, 6.45) is 5.49. The number of rotatable bonds is 8. The summed E-state index contributed by atoms with van der Waals surface area (Å²) < 4.78 is 15.8. The van der Waals surface area contributed by atoms with Gasteiger partial charge in [-0.15, -0.1) is 16.4 Å². The number of hydrogen-bond acceptors (Lipinski definition) is 8. The number of piperidine rings is 1. The number of fused-ring (bicyclic) bond motifs is 1. The van der Waals surface area contributed by atoms with Crippen LogP contribution in [0.5, 0.6) is 0 Å². The first-order valence-corrected chi connectivity index (χ1v) is 15.7. The molecule has 3 aromatic heterocycles. The number of thiophene rings is 1. The van der Waals surface area contributed by atoms with E-state index in [1.54, 1.807) is 12.1 Å². The highest BCUT2D eigenvalue weighted by Crippen LogP contribution is 2.38. The molecular weight excluding hydrogens is 630 g/mol. The van der Waals surface area contributed by atoms with E-state index in [0.717, 1.165) is 43.0 Å². The van der Waals surface area contributed by atoms with Crippen LogP contribution in [0.25, 0.3) is 10.9 Å². The lowest BCUT2D eigenvalue weighted by Gasteiger charge is -2.30. The second kappa shape index (κ2) is 12.6. The lowest BCUT2D eigenvalue weighted by Crippen LogP contribution is -2.34. The fourth-order valence-electron chi connectivity index (χ4n) is 5.32. The Labute approximate surface area is 267 Å². The summed E-state index contributed by atoms with van der Waals surface area (Å²) in [5, 5.41) is 29.2. The van der Waals surface area contributed by atoms with Crippen molar-refractivity contribution in [2.24, 2.45) is 0 Å². The number of hydrogen-bond donors (Lipinski definition) is 2. The van der Waals surface area contributed by atoms with Gasteiger partial charge in [0, 0.05) is 46.3 Å². The van der Waals surface area contributed by atoms with Gasteiger partial charge in [-0.3, -0.25) is 4.98 Å². The van der Waals surface area contributed by atoms with Crippen molar-refractivity contribution in [3.8, 4) is 6.07 Å². The maximum atomic E-state index is 13.8. The van der Waals surface area contributed by atoms with Crippen LogP contribution < -0.4 is 10.6 Å². The summed E-state index contributed by atoms with van der Waals surface area (Å²) in [6.45, 7) is 5.31. The number of benzene rings is 2. The number of nitrogens with zero attached hydrogens (tertiary/aromatic N) is 6. The average molecular weight is 656 g/mol. The molecule has 43 heavy (non-hydrogen) atoms. The monoisotopic (exact) mass is 654 g/mol. The van der Waals surface area contributed by atoms with Gasteiger partial charge < -0.3 is 15.5 Å². The van der Waals surface area contributed by atoms with Crippen molar-refractivity contribution in [2.75, 3.05) is 30.3 Å². The third-order valence-corrected chi connectivity index (χ3v) is 9.54. The van der Waals surface area contributed by atoms with E-state index in [-0.39, 0.29) is 17.1 Å². The van der Waals surface area contributed by atoms with Crippen LogP contribution in [0.15, 0.2) is 54.2 Å². The second-order valence-electron chi connectivity index (χ2n) is 10.3. The topological polar surface area (TPSA) is 94.7 Å². The Morgan fingerprint density at radius 3 is 2.60 bits per heavy atom. The summed E-state index contributed by atoms with van der Waals surface area (Å²) in [6, 6.07) is 11.9. The van der Waals surface area contributed by atoms with Gasteiger partial charge in [-0.1, -0.05) is 46.9 Å². The predicted molar refractivity (Wildman–Crippen MR) is 171 cm³/mol. The molecule has 2 N–H and O–H groups in total. The molecule has 0 radical (unpaired) electrons. The van der Waals surface area contributed by atoms with E-state index in [1.165, 1.54) is 29.7 Å². The van der Waals surface area contributed by atoms with Crippen LogP contribution >= 0.6 is 46.1 Å². The van der Waals surface area contributed by atoms with Gasteiger partial charge in [-0.25, -0.2) is 9.07 Å². The van der Waals surface area contributed by atoms with Gasteiger partial charge in [0.15, 0.2) is 0 Å². The minimum absolute atomic E-state index is 0.0383. The van der Waals surface area contributed by atoms with E-state index in [1.807, 2.05) is 28.4 Å². The van der Waals surface area contributed by atoms with Crippen molar-refractivity contribution in [1.29, 1.82) is 5.26 Å². The predicted octanol–water partition coefficient (Wildman–Crippen LogP) is 8.46. The zero-order valence-electron chi connectivity index (χ0n) is 23.0. The Kier molecular flexibility index (Phi) is 8.71. The molecule has 1 aliphatic rings. The quantitative estimate of drug-likeness (QED) is 0.173. The van der Waals surface area contributed by atoms with Gasteiger partial charge in [-0.05, 0) is 55.8 Å². The van der Waals surface area contributed by atoms with Crippen molar-refractivity contribution < 1.29 is 4.39 Å². The molecule has 1 atom stereocenters. The van der Waals surface area contributed by atoms with Gasteiger partial charge >= 0.3 is 0 Å². The van der Waals surface area contributed by atoms with Crippen LogP contribution in [0.1, 0.15) is 48.0 Å². The van der Waals surface area contributed by atoms with Crippen molar-refractivity contribution in [3.05, 3.63) is 91.2 Å². The maximum Gasteiger partial charge on any atom is 0.141 e. The zero-order chi connectivity index (χ0) is 30.1. The normalized spacial score (nSPS) is 15.0. The molecule has 5 aromatic rings. The molecule has 13 heteroatoms. The van der Waals surface area contributed by atoms with E-state index >= 15 is 0 Å². The number of nitrogens with one attached hydrogen (secondary N) is 2. The number of halogens is 4. The molecule has 2 aromatic carbocycles. The molecule has 0 bridgehead atoms. The molecule has 0 saturated carbocycles. The first kappa shape index (κ1) is 29.6. The molecule has 1 aliphatic heterocycles. The minimum Gasteiger partial charge on any atom is -0.372 e. The molecule has 0 unspecified atom stereocenters. The summed E-state index contributed by atoms with van der Waals surface area (Å²) >= 11 is 20.6. The van der Waals surface area contributed by atoms with Crippen molar-refractivity contribution in [2.45, 2.75) is 31.8 Å². The third kappa shape index (κ3) is 6.28. The molecule has 0 aliphatic carbocycles. The number of aromatic nitrogens is 4. The van der Waals surface area contributed by atoms with E-state index in [2.05, 4.69) is 43.8 Å². The fraction of sp³-hybridized carbons (Fsp3) is 0.267. The van der Waals surface area contributed by atoms with Gasteiger partial charge in [-0.2, -0.15) is 5.26 Å². The summed E-state index contributed by atoms with van der Waals surface area (Å²) in [4.78, 5) is 7.84. The lowest BCUT2D eigenvalue weighted by molar-refractivity contribution is 0.186. The highest BCUT2D eigenvalue weighted by atomic mass is 35.5. The molecule has 0 amide bonds. The Balaban J connectivity index is 1.37. The number of likely N-dealkylation sites (tertiary alicyclic amines) is 1. The van der Waals surface area contributed by atoms with Crippen molar-refractivity contribution in [1.82, 2.24) is 24.9 Å². The first-order chi connectivity index (χ1) is 20.8. The maximum absolute atomic E-state index is 13.8. The van der Waals surface area contributed by atoms with Crippen molar-refractivity contribution in [3.63, 3.8) is 0 Å². The van der Waals surface area contributed by atoms with Crippen molar-refractivity contribution >= 4 is 74.1 Å². The Bertz CT molecular complexity index is 1830. The smallest absolute Gasteiger partial charge is 0.141 e. The summed E-state index contributed by atoms with van der Waals surface area (Å²) in [5.41, 5.74) is 3.20. The number of nitriles is 1. The fourth-order valence-corrected chi connectivity index (χ4v) is 6.91. The molecule has 220 valence electrons. The number of anilines is 3. The second-order valence-corrected chi connectivity index (χ2v) is 12.5. The first-order valence-electron chi connectivity index (χ1n) is 13.7. The average Bonchev–Trinajstić information content (AvgIpc) is 3.68. The Morgan fingerprint density at radius 1 is 1.12 bits per heavy atom. The van der Waals surface area contributed by atoms with Gasteiger partial charge in [0.1, 0.15) is 23.6 Å². The molecule has 4 heterocycles. The lowest BCUT2D eigenvalue weighted by atomic mass is 10.1. The molecular formula is C30H26Cl3FN8S. The van der Waals surface area contributed by atoms with Crippen LogP contribution in [0.3, 0.4) is 0 Å². The van der Waals surface area contributed by atoms with Gasteiger partial charge in [0.05, 0.1) is 44.1 Å². The largest absolute Gasteiger partial charge is 0.372 e. The van der Waals surface area contributed by atoms with Crippen LogP contribution in [-0.2, 0) is 0 Å². The van der Waals surface area contributed by atoms with E-state index < -0.39 is 5.82 Å². The van der Waals surface area contributed by atoms with Crippen LogP contribution in [0.2, 0.25) is 15.1 Å². The molecule has 1 fully saturated rings. The van der Waals surface area contributed by atoms with E-state index in [9.17, 15) is 9.65 Å². The highest BCUT2D eigenvalue weighted by molar-refractivity contribution is 7.10. The van der Waals surface area contributed by atoms with Gasteiger partial charge in [0.25, 0.3) is 0 Å². The summed E-state index contributed by atoms with van der Waals surface area (Å²) in [5.74, 6) is -0.537. The molecule has 6 rings (SSSR count). The van der Waals surface area contributed by atoms with E-state index in [0.29, 0.717) is 43.6 Å². The third-order valence-electron chi connectivity index (χ3n) is 7.62.